The second-order valence-corrected chi connectivity index (χ2v) is 7.25. The van der Waals surface area contributed by atoms with Gasteiger partial charge >= 0.3 is 0 Å². The maximum atomic E-state index is 14.1. The molecule has 1 fully saturated rings. The minimum Gasteiger partial charge on any atom is -0.484 e. The summed E-state index contributed by atoms with van der Waals surface area (Å²) in [5.74, 6) is 0.436. The van der Waals surface area contributed by atoms with Crippen LogP contribution in [0.2, 0.25) is 0 Å². The van der Waals surface area contributed by atoms with E-state index >= 15 is 0 Å². The van der Waals surface area contributed by atoms with Crippen molar-refractivity contribution in [3.63, 3.8) is 0 Å². The molecule has 1 aromatic rings. The summed E-state index contributed by atoms with van der Waals surface area (Å²) in [6.45, 7) is 3.80. The van der Waals surface area contributed by atoms with Gasteiger partial charge in [0.05, 0.1) is 6.61 Å². The molecule has 5 nitrogen and oxygen atoms in total. The standard InChI is InChI=1S/C22H30F2N2O3/c1-16(23)5-4-6-21(17(2)24)25(3)19-11-12-26(13-19)22(28)15-29-20-9-7-18(14-27)8-10-20/h4-10,16-17,19,27H,11-15H2,1-3H3/b5-4-,21-6+. The minimum atomic E-state index is -1.20. The average molecular weight is 408 g/mol. The van der Waals surface area contributed by atoms with Crippen molar-refractivity contribution in [2.45, 2.75) is 45.3 Å². The molecule has 0 aromatic heterocycles. The Morgan fingerprint density at radius 3 is 2.62 bits per heavy atom. The molecule has 29 heavy (non-hydrogen) atoms. The zero-order valence-corrected chi connectivity index (χ0v) is 17.2. The van der Waals surface area contributed by atoms with Gasteiger partial charge in [-0.3, -0.25) is 4.79 Å². The first kappa shape index (κ1) is 22.9. The molecule has 3 unspecified atom stereocenters. The lowest BCUT2D eigenvalue weighted by molar-refractivity contribution is -0.132. The van der Waals surface area contributed by atoms with Gasteiger partial charge in [-0.25, -0.2) is 8.78 Å². The van der Waals surface area contributed by atoms with E-state index in [0.717, 1.165) is 12.0 Å². The number of carbonyl (C=O) groups excluding carboxylic acids is 1. The number of carbonyl (C=O) groups is 1. The number of hydrogen-bond acceptors (Lipinski definition) is 4. The van der Waals surface area contributed by atoms with Gasteiger partial charge in [-0.1, -0.05) is 24.3 Å². The van der Waals surface area contributed by atoms with Gasteiger partial charge in [-0.05, 0) is 44.0 Å². The molecule has 0 saturated carbocycles. The Balaban J connectivity index is 1.90. The van der Waals surface area contributed by atoms with E-state index in [1.54, 1.807) is 42.3 Å². The number of aliphatic hydroxyl groups is 1. The Labute approximate surface area is 171 Å². The Morgan fingerprint density at radius 1 is 1.34 bits per heavy atom. The van der Waals surface area contributed by atoms with Gasteiger partial charge in [0, 0.05) is 31.9 Å². The highest BCUT2D eigenvalue weighted by Crippen LogP contribution is 2.22. The number of benzene rings is 1. The van der Waals surface area contributed by atoms with Gasteiger partial charge in [0.1, 0.15) is 18.1 Å². The number of rotatable bonds is 9. The lowest BCUT2D eigenvalue weighted by atomic mass is 10.1. The molecule has 0 radical (unpaired) electrons. The van der Waals surface area contributed by atoms with E-state index in [1.165, 1.54) is 26.0 Å². The van der Waals surface area contributed by atoms with Crippen LogP contribution in [0.4, 0.5) is 8.78 Å². The van der Waals surface area contributed by atoms with E-state index in [4.69, 9.17) is 9.84 Å². The molecule has 160 valence electrons. The van der Waals surface area contributed by atoms with Crippen molar-refractivity contribution < 1.29 is 23.4 Å². The van der Waals surface area contributed by atoms with E-state index in [0.29, 0.717) is 24.5 Å². The molecule has 1 aliphatic heterocycles. The van der Waals surface area contributed by atoms with Crippen LogP contribution in [0.5, 0.6) is 5.75 Å². The molecule has 2 rings (SSSR count). The predicted molar refractivity (Wildman–Crippen MR) is 109 cm³/mol. The third kappa shape index (κ3) is 6.85. The fraction of sp³-hybridized carbons (Fsp3) is 0.500. The Morgan fingerprint density at radius 2 is 2.03 bits per heavy atom. The van der Waals surface area contributed by atoms with E-state index in [1.807, 2.05) is 4.90 Å². The van der Waals surface area contributed by atoms with Crippen LogP contribution in [0.25, 0.3) is 0 Å². The zero-order valence-electron chi connectivity index (χ0n) is 17.2. The highest BCUT2D eigenvalue weighted by atomic mass is 19.1. The molecule has 3 atom stereocenters. The van der Waals surface area contributed by atoms with Crippen LogP contribution < -0.4 is 4.74 Å². The first-order chi connectivity index (χ1) is 13.8. The zero-order chi connectivity index (χ0) is 21.4. The van der Waals surface area contributed by atoms with Crippen LogP contribution in [0.15, 0.2) is 48.2 Å². The smallest absolute Gasteiger partial charge is 0.260 e. The number of alkyl halides is 2. The third-order valence-corrected chi connectivity index (χ3v) is 4.99. The number of nitrogens with zero attached hydrogens (tertiary/aromatic N) is 2. The number of likely N-dealkylation sites (tertiary alicyclic amines) is 1. The summed E-state index contributed by atoms with van der Waals surface area (Å²) in [7, 11) is 1.80. The normalized spacial score (nSPS) is 19.4. The van der Waals surface area contributed by atoms with Gasteiger partial charge < -0.3 is 19.6 Å². The number of amides is 1. The van der Waals surface area contributed by atoms with E-state index in [9.17, 15) is 13.6 Å². The van der Waals surface area contributed by atoms with Crippen LogP contribution in [0, 0.1) is 0 Å². The molecular weight excluding hydrogens is 378 g/mol. The lowest BCUT2D eigenvalue weighted by Gasteiger charge is -2.30. The highest BCUT2D eigenvalue weighted by molar-refractivity contribution is 5.78. The van der Waals surface area contributed by atoms with Crippen LogP contribution in [-0.2, 0) is 11.4 Å². The molecule has 1 amide bonds. The van der Waals surface area contributed by atoms with Crippen LogP contribution in [0.3, 0.4) is 0 Å². The number of allylic oxidation sites excluding steroid dienone is 4. The van der Waals surface area contributed by atoms with Crippen molar-refractivity contribution in [3.8, 4) is 5.75 Å². The van der Waals surface area contributed by atoms with Gasteiger partial charge in [0.2, 0.25) is 0 Å². The second-order valence-electron chi connectivity index (χ2n) is 7.25. The molecule has 7 heteroatoms. The summed E-state index contributed by atoms with van der Waals surface area (Å²) in [5.41, 5.74) is 1.23. The summed E-state index contributed by atoms with van der Waals surface area (Å²) in [4.78, 5) is 16.0. The number of likely N-dealkylation sites (N-methyl/N-ethyl adjacent to an activating group) is 1. The largest absolute Gasteiger partial charge is 0.484 e. The van der Waals surface area contributed by atoms with Crippen molar-refractivity contribution in [2.75, 3.05) is 26.7 Å². The predicted octanol–water partition coefficient (Wildman–Crippen LogP) is 3.25. The van der Waals surface area contributed by atoms with Gasteiger partial charge in [0.15, 0.2) is 6.61 Å². The van der Waals surface area contributed by atoms with Gasteiger partial charge in [-0.15, -0.1) is 0 Å². The van der Waals surface area contributed by atoms with E-state index in [-0.39, 0.29) is 25.2 Å². The summed E-state index contributed by atoms with van der Waals surface area (Å²) >= 11 is 0. The molecule has 1 heterocycles. The Kier molecular flexibility index (Phi) is 8.64. The third-order valence-electron chi connectivity index (χ3n) is 4.99. The Hall–Kier alpha value is -2.41. The summed E-state index contributed by atoms with van der Waals surface area (Å²) < 4.78 is 32.5. The van der Waals surface area contributed by atoms with Crippen molar-refractivity contribution in [1.82, 2.24) is 9.80 Å². The Bertz CT molecular complexity index is 717. The van der Waals surface area contributed by atoms with Crippen LogP contribution >= 0.6 is 0 Å². The average Bonchev–Trinajstić information content (AvgIpc) is 3.19. The molecule has 0 aliphatic carbocycles. The van der Waals surface area contributed by atoms with Crippen molar-refractivity contribution in [2.24, 2.45) is 0 Å². The van der Waals surface area contributed by atoms with E-state index in [2.05, 4.69) is 0 Å². The van der Waals surface area contributed by atoms with Crippen LogP contribution in [0.1, 0.15) is 25.8 Å². The van der Waals surface area contributed by atoms with Crippen molar-refractivity contribution in [3.05, 3.63) is 53.8 Å². The summed E-state index contributed by atoms with van der Waals surface area (Å²) in [6.07, 6.45) is 2.91. The number of ether oxygens (including phenoxy) is 1. The fourth-order valence-electron chi connectivity index (χ4n) is 3.26. The number of hydrogen-bond donors (Lipinski definition) is 1. The monoisotopic (exact) mass is 408 g/mol. The molecule has 1 saturated heterocycles. The quantitative estimate of drug-likeness (QED) is 0.638. The van der Waals surface area contributed by atoms with Crippen molar-refractivity contribution >= 4 is 5.91 Å². The minimum absolute atomic E-state index is 0.0107. The number of aliphatic hydroxyl groups excluding tert-OH is 1. The van der Waals surface area contributed by atoms with E-state index < -0.39 is 12.3 Å². The summed E-state index contributed by atoms with van der Waals surface area (Å²) in [5, 5.41) is 9.05. The first-order valence-electron chi connectivity index (χ1n) is 9.81. The van der Waals surface area contributed by atoms with Gasteiger partial charge in [0.25, 0.3) is 5.91 Å². The molecular formula is C22H30F2N2O3. The number of halogens is 2. The lowest BCUT2D eigenvalue weighted by Crippen LogP contribution is -2.39. The highest BCUT2D eigenvalue weighted by Gasteiger charge is 2.30. The SMILES string of the molecule is CC(F)/C=C\C=C(/C(C)F)N(C)C1CCN(C(=O)COc2ccc(CO)cc2)C1. The molecule has 1 N–H and O–H groups in total. The maximum absolute atomic E-state index is 14.1. The van der Waals surface area contributed by atoms with Crippen LogP contribution in [-0.4, -0.2) is 65.9 Å². The molecule has 1 aliphatic rings. The first-order valence-corrected chi connectivity index (χ1v) is 9.81. The molecule has 0 bridgehead atoms. The fourth-order valence-corrected chi connectivity index (χ4v) is 3.26. The van der Waals surface area contributed by atoms with Crippen molar-refractivity contribution in [1.29, 1.82) is 0 Å². The van der Waals surface area contributed by atoms with Gasteiger partial charge in [-0.2, -0.15) is 0 Å². The maximum Gasteiger partial charge on any atom is 0.260 e. The topological polar surface area (TPSA) is 53.0 Å². The molecule has 1 aromatic carbocycles. The second kappa shape index (κ2) is 11.0. The summed E-state index contributed by atoms with van der Waals surface area (Å²) in [6, 6.07) is 6.90. The molecule has 0 spiro atoms.